The molecule has 8 rings (SSSR count). The molecule has 3 aliphatic rings. The quantitative estimate of drug-likeness (QED) is 0.0734. The predicted octanol–water partition coefficient (Wildman–Crippen LogP) is 13.0. The van der Waals surface area contributed by atoms with E-state index >= 15 is 0 Å². The summed E-state index contributed by atoms with van der Waals surface area (Å²) in [5.41, 5.74) is 12.2. The van der Waals surface area contributed by atoms with Crippen molar-refractivity contribution in [3.63, 3.8) is 0 Å². The van der Waals surface area contributed by atoms with Gasteiger partial charge in [-0.05, 0) is 101 Å². The largest absolute Gasteiger partial charge is 0.494 e. The van der Waals surface area contributed by atoms with Gasteiger partial charge in [-0.2, -0.15) is 0 Å². The molecule has 0 saturated carbocycles. The lowest BCUT2D eigenvalue weighted by Gasteiger charge is -2.43. The Hall–Kier alpha value is -5.18. The third kappa shape index (κ3) is 8.78. The van der Waals surface area contributed by atoms with Gasteiger partial charge in [0, 0.05) is 39.7 Å². The molecule has 5 aromatic carbocycles. The molecular formula is C52H54O2. The van der Waals surface area contributed by atoms with Crippen molar-refractivity contribution in [2.45, 2.75) is 103 Å². The summed E-state index contributed by atoms with van der Waals surface area (Å²) in [4.78, 5) is 0. The van der Waals surface area contributed by atoms with Gasteiger partial charge in [-0.1, -0.05) is 150 Å². The van der Waals surface area contributed by atoms with Crippen molar-refractivity contribution in [3.05, 3.63) is 165 Å². The van der Waals surface area contributed by atoms with Crippen LogP contribution >= 0.6 is 0 Å². The lowest BCUT2D eigenvalue weighted by atomic mass is 9.60. The second-order valence-corrected chi connectivity index (χ2v) is 14.9. The first-order valence-corrected chi connectivity index (χ1v) is 20.6. The smallest absolute Gasteiger partial charge is 0.123 e. The van der Waals surface area contributed by atoms with E-state index in [9.17, 15) is 0 Å². The average Bonchev–Trinajstić information content (AvgIpc) is 3.22. The van der Waals surface area contributed by atoms with Gasteiger partial charge >= 0.3 is 0 Å². The first-order chi connectivity index (χ1) is 26.7. The summed E-state index contributed by atoms with van der Waals surface area (Å²) in [6, 6.07) is 38.8. The van der Waals surface area contributed by atoms with E-state index in [1.54, 1.807) is 0 Å². The fourth-order valence-corrected chi connectivity index (χ4v) is 8.18. The summed E-state index contributed by atoms with van der Waals surface area (Å²) in [7, 11) is 0. The molecule has 0 atom stereocenters. The summed E-state index contributed by atoms with van der Waals surface area (Å²) in [5.74, 6) is 16.0. The highest BCUT2D eigenvalue weighted by molar-refractivity contribution is 5.73. The molecule has 3 aliphatic carbocycles. The number of ether oxygens (including phenoxy) is 2. The third-order valence-electron chi connectivity index (χ3n) is 11.0. The van der Waals surface area contributed by atoms with E-state index in [4.69, 9.17) is 9.47 Å². The van der Waals surface area contributed by atoms with Crippen LogP contribution in [0.2, 0.25) is 0 Å². The van der Waals surface area contributed by atoms with E-state index in [-0.39, 0.29) is 11.8 Å². The number of hydrogen-bond acceptors (Lipinski definition) is 2. The number of benzene rings is 5. The van der Waals surface area contributed by atoms with Crippen molar-refractivity contribution in [1.82, 2.24) is 0 Å². The van der Waals surface area contributed by atoms with Crippen molar-refractivity contribution >= 4 is 0 Å². The fraction of sp³-hybridized carbons (Fsp3) is 0.346. The highest BCUT2D eigenvalue weighted by Gasteiger charge is 2.43. The minimum Gasteiger partial charge on any atom is -0.494 e. The Labute approximate surface area is 324 Å². The van der Waals surface area contributed by atoms with Gasteiger partial charge in [0.15, 0.2) is 0 Å². The van der Waals surface area contributed by atoms with Crippen molar-refractivity contribution in [3.8, 4) is 35.2 Å². The zero-order chi connectivity index (χ0) is 37.0. The van der Waals surface area contributed by atoms with Gasteiger partial charge in [0.2, 0.25) is 0 Å². The van der Waals surface area contributed by atoms with E-state index in [0.29, 0.717) is 0 Å². The lowest BCUT2D eigenvalue weighted by Crippen LogP contribution is -2.29. The van der Waals surface area contributed by atoms with Crippen molar-refractivity contribution in [2.24, 2.45) is 0 Å². The standard InChI is InChI=1S/C52H54O2/c1-3-5-7-9-11-17-37-53-43-34-30-41(31-35-43)28-25-39-23-26-40(27-24-39)29-32-42-33-36-48(54-38-18-12-10-8-6-4-2)52-49(42)50-44-19-13-15-21-46(44)51(52)47-22-16-14-20-45(47)50/h13-16,19-24,26-27,30-31,33-36,50-51H,3-12,17-18,37-38H2,1-2H3. The molecule has 0 radical (unpaired) electrons. The molecule has 0 spiro atoms. The van der Waals surface area contributed by atoms with E-state index in [1.165, 1.54) is 97.6 Å². The van der Waals surface area contributed by atoms with Gasteiger partial charge in [0.1, 0.15) is 11.5 Å². The molecule has 2 bridgehead atoms. The second kappa shape index (κ2) is 18.7. The molecule has 0 aliphatic heterocycles. The molecule has 2 nitrogen and oxygen atoms in total. The number of unbranched alkanes of at least 4 members (excludes halogenated alkanes) is 10. The highest BCUT2D eigenvalue weighted by Crippen LogP contribution is 2.58. The molecule has 5 aromatic rings. The topological polar surface area (TPSA) is 18.5 Å². The van der Waals surface area contributed by atoms with Gasteiger partial charge in [0.25, 0.3) is 0 Å². The first-order valence-electron chi connectivity index (χ1n) is 20.6. The van der Waals surface area contributed by atoms with Crippen LogP contribution in [-0.2, 0) is 0 Å². The summed E-state index contributed by atoms with van der Waals surface area (Å²) in [5, 5.41) is 0. The number of hydrogen-bond donors (Lipinski definition) is 0. The Kier molecular flexibility index (Phi) is 12.9. The van der Waals surface area contributed by atoms with E-state index < -0.39 is 0 Å². The maximum absolute atomic E-state index is 6.65. The molecule has 0 heterocycles. The van der Waals surface area contributed by atoms with Crippen LogP contribution in [0.15, 0.2) is 109 Å². The molecule has 0 aromatic heterocycles. The Bertz CT molecular complexity index is 2070. The Morgan fingerprint density at radius 2 is 0.833 bits per heavy atom. The summed E-state index contributed by atoms with van der Waals surface area (Å²) < 4.78 is 12.6. The van der Waals surface area contributed by atoms with Crippen LogP contribution in [0.4, 0.5) is 0 Å². The summed E-state index contributed by atoms with van der Waals surface area (Å²) >= 11 is 0. The van der Waals surface area contributed by atoms with E-state index in [0.717, 1.165) is 59.8 Å². The molecule has 0 amide bonds. The first kappa shape index (κ1) is 37.1. The lowest BCUT2D eigenvalue weighted by molar-refractivity contribution is 0.300. The Morgan fingerprint density at radius 3 is 1.35 bits per heavy atom. The van der Waals surface area contributed by atoms with Crippen LogP contribution in [-0.4, -0.2) is 13.2 Å². The molecule has 0 fully saturated rings. The third-order valence-corrected chi connectivity index (χ3v) is 11.0. The number of rotatable bonds is 16. The molecule has 2 heteroatoms. The van der Waals surface area contributed by atoms with Crippen molar-refractivity contribution < 1.29 is 9.47 Å². The zero-order valence-corrected chi connectivity index (χ0v) is 32.3. The monoisotopic (exact) mass is 710 g/mol. The fourth-order valence-electron chi connectivity index (χ4n) is 8.18. The van der Waals surface area contributed by atoms with Gasteiger partial charge < -0.3 is 9.47 Å². The molecule has 0 unspecified atom stereocenters. The zero-order valence-electron chi connectivity index (χ0n) is 32.3. The van der Waals surface area contributed by atoms with Crippen LogP contribution in [0.3, 0.4) is 0 Å². The van der Waals surface area contributed by atoms with Crippen LogP contribution in [0, 0.1) is 23.7 Å². The van der Waals surface area contributed by atoms with Crippen molar-refractivity contribution in [2.75, 3.05) is 13.2 Å². The molecule has 0 saturated heterocycles. The van der Waals surface area contributed by atoms with Crippen LogP contribution in [0.25, 0.3) is 0 Å². The molecule has 54 heavy (non-hydrogen) atoms. The van der Waals surface area contributed by atoms with E-state index in [2.05, 4.69) is 122 Å². The summed E-state index contributed by atoms with van der Waals surface area (Å²) in [6.07, 6.45) is 15.1. The minimum absolute atomic E-state index is 0.137. The van der Waals surface area contributed by atoms with Crippen molar-refractivity contribution in [1.29, 1.82) is 0 Å². The molecular weight excluding hydrogens is 657 g/mol. The maximum atomic E-state index is 6.65. The van der Waals surface area contributed by atoms with E-state index in [1.807, 2.05) is 24.3 Å². The Balaban J connectivity index is 1.07. The second-order valence-electron chi connectivity index (χ2n) is 14.9. The van der Waals surface area contributed by atoms with Gasteiger partial charge in [-0.3, -0.25) is 0 Å². The Morgan fingerprint density at radius 1 is 0.407 bits per heavy atom. The van der Waals surface area contributed by atoms with Gasteiger partial charge in [-0.15, -0.1) is 0 Å². The van der Waals surface area contributed by atoms with Gasteiger partial charge in [0.05, 0.1) is 13.2 Å². The van der Waals surface area contributed by atoms with Crippen LogP contribution in [0.1, 0.15) is 158 Å². The predicted molar refractivity (Wildman–Crippen MR) is 224 cm³/mol. The SMILES string of the molecule is CCCCCCCCOc1ccc(C#Cc2ccc(C#Cc3ccc(OCCCCCCCC)c4c3C3c5ccccc5C4c4ccccc43)cc2)cc1. The average molecular weight is 711 g/mol. The molecule has 0 N–H and O–H groups in total. The summed E-state index contributed by atoms with van der Waals surface area (Å²) in [6.45, 7) is 6.05. The normalized spacial score (nSPS) is 14.5. The maximum Gasteiger partial charge on any atom is 0.123 e. The minimum atomic E-state index is 0.137. The van der Waals surface area contributed by atoms with Gasteiger partial charge in [-0.25, -0.2) is 0 Å². The molecule has 274 valence electrons. The van der Waals surface area contributed by atoms with Crippen LogP contribution in [0.5, 0.6) is 11.5 Å². The highest BCUT2D eigenvalue weighted by atomic mass is 16.5. The van der Waals surface area contributed by atoms with Crippen LogP contribution < -0.4 is 9.47 Å².